The van der Waals surface area contributed by atoms with Crippen molar-refractivity contribution in [3.8, 4) is 11.5 Å². The van der Waals surface area contributed by atoms with Crippen molar-refractivity contribution in [3.63, 3.8) is 0 Å². The maximum Gasteiger partial charge on any atom is 0.225 e. The summed E-state index contributed by atoms with van der Waals surface area (Å²) in [6.45, 7) is 1.85. The highest BCUT2D eigenvalue weighted by atomic mass is 32.1. The molecule has 1 aromatic carbocycles. The molecule has 0 saturated heterocycles. The maximum absolute atomic E-state index is 9.27. The Labute approximate surface area is 101 Å². The Balaban J connectivity index is 2.03. The van der Waals surface area contributed by atoms with E-state index in [0.717, 1.165) is 5.01 Å². The van der Waals surface area contributed by atoms with Crippen LogP contribution in [0.25, 0.3) is 0 Å². The van der Waals surface area contributed by atoms with E-state index in [1.807, 2.05) is 6.92 Å². The van der Waals surface area contributed by atoms with E-state index in [4.69, 9.17) is 5.11 Å². The monoisotopic (exact) mass is 250 g/mol. The Morgan fingerprint density at radius 1 is 1.29 bits per heavy atom. The number of rotatable bonds is 3. The summed E-state index contributed by atoms with van der Waals surface area (Å²) in [4.78, 5) is 0. The van der Waals surface area contributed by atoms with Gasteiger partial charge in [0.1, 0.15) is 5.01 Å². The third kappa shape index (κ3) is 2.91. The van der Waals surface area contributed by atoms with Crippen molar-refractivity contribution in [2.24, 2.45) is 5.10 Å². The lowest BCUT2D eigenvalue weighted by Crippen LogP contribution is -1.89. The van der Waals surface area contributed by atoms with Crippen LogP contribution < -0.4 is 5.43 Å². The third-order valence-electron chi connectivity index (χ3n) is 1.90. The third-order valence-corrected chi connectivity index (χ3v) is 2.64. The number of anilines is 1. The van der Waals surface area contributed by atoms with Crippen molar-refractivity contribution < 1.29 is 10.2 Å². The molecule has 0 amide bonds. The van der Waals surface area contributed by atoms with Gasteiger partial charge >= 0.3 is 0 Å². The first-order chi connectivity index (χ1) is 8.15. The topological polar surface area (TPSA) is 90.6 Å². The number of aryl methyl sites for hydroxylation is 1. The summed E-state index contributed by atoms with van der Waals surface area (Å²) < 4.78 is 0. The summed E-state index contributed by atoms with van der Waals surface area (Å²) in [6.07, 6.45) is 1.51. The average molecular weight is 250 g/mol. The predicted molar refractivity (Wildman–Crippen MR) is 65.6 cm³/mol. The molecule has 0 saturated carbocycles. The van der Waals surface area contributed by atoms with E-state index in [-0.39, 0.29) is 11.5 Å². The number of hydrazone groups is 1. The second-order valence-corrected chi connectivity index (χ2v) is 4.43. The van der Waals surface area contributed by atoms with Gasteiger partial charge in [-0.1, -0.05) is 11.3 Å². The molecule has 2 aromatic rings. The zero-order chi connectivity index (χ0) is 12.3. The molecule has 0 aliphatic rings. The van der Waals surface area contributed by atoms with Gasteiger partial charge in [-0.25, -0.2) is 0 Å². The summed E-state index contributed by atoms with van der Waals surface area (Å²) in [5.41, 5.74) is 3.38. The molecule has 0 spiro atoms. The summed E-state index contributed by atoms with van der Waals surface area (Å²) in [5.74, 6) is -0.337. The molecule has 88 valence electrons. The summed E-state index contributed by atoms with van der Waals surface area (Å²) in [7, 11) is 0. The molecule has 7 heteroatoms. The van der Waals surface area contributed by atoms with Crippen molar-refractivity contribution in [2.45, 2.75) is 6.92 Å². The van der Waals surface area contributed by atoms with Crippen LogP contribution in [-0.4, -0.2) is 26.6 Å². The Hall–Kier alpha value is -2.15. The molecule has 0 aliphatic carbocycles. The first-order valence-corrected chi connectivity index (χ1v) is 5.58. The number of nitrogens with zero attached hydrogens (tertiary/aromatic N) is 3. The van der Waals surface area contributed by atoms with Gasteiger partial charge in [-0.3, -0.25) is 5.43 Å². The molecule has 2 rings (SSSR count). The minimum atomic E-state index is -0.180. The molecule has 0 atom stereocenters. The molecule has 0 aliphatic heterocycles. The smallest absolute Gasteiger partial charge is 0.225 e. The second kappa shape index (κ2) is 4.79. The highest BCUT2D eigenvalue weighted by Crippen LogP contribution is 2.24. The van der Waals surface area contributed by atoms with Crippen molar-refractivity contribution in [1.82, 2.24) is 10.2 Å². The zero-order valence-electron chi connectivity index (χ0n) is 8.95. The number of hydrogen-bond acceptors (Lipinski definition) is 7. The van der Waals surface area contributed by atoms with Crippen LogP contribution in [0.1, 0.15) is 10.6 Å². The molecular weight excluding hydrogens is 240 g/mol. The van der Waals surface area contributed by atoms with E-state index >= 15 is 0 Å². The summed E-state index contributed by atoms with van der Waals surface area (Å²) in [6, 6.07) is 4.43. The lowest BCUT2D eigenvalue weighted by Gasteiger charge is -1.98. The van der Waals surface area contributed by atoms with Crippen molar-refractivity contribution in [2.75, 3.05) is 5.43 Å². The van der Waals surface area contributed by atoms with Gasteiger partial charge in [0.2, 0.25) is 5.13 Å². The second-order valence-electron chi connectivity index (χ2n) is 3.24. The van der Waals surface area contributed by atoms with E-state index in [9.17, 15) is 5.11 Å². The molecule has 0 unspecified atom stereocenters. The van der Waals surface area contributed by atoms with Crippen molar-refractivity contribution in [1.29, 1.82) is 0 Å². The Bertz CT molecular complexity index is 553. The number of hydrogen-bond donors (Lipinski definition) is 3. The largest absolute Gasteiger partial charge is 0.504 e. The highest BCUT2D eigenvalue weighted by Gasteiger charge is 1.99. The fourth-order valence-electron chi connectivity index (χ4n) is 1.12. The van der Waals surface area contributed by atoms with E-state index in [2.05, 4.69) is 20.7 Å². The van der Waals surface area contributed by atoms with Crippen LogP contribution in [0.4, 0.5) is 5.13 Å². The van der Waals surface area contributed by atoms with Gasteiger partial charge in [0.15, 0.2) is 11.5 Å². The van der Waals surface area contributed by atoms with Gasteiger partial charge in [0, 0.05) is 0 Å². The van der Waals surface area contributed by atoms with Gasteiger partial charge in [0.25, 0.3) is 0 Å². The normalized spacial score (nSPS) is 10.9. The lowest BCUT2D eigenvalue weighted by atomic mass is 10.2. The van der Waals surface area contributed by atoms with Crippen LogP contribution in [0.15, 0.2) is 23.3 Å². The van der Waals surface area contributed by atoms with Crippen LogP contribution in [0, 0.1) is 6.92 Å². The molecular formula is C10H10N4O2S. The molecule has 0 radical (unpaired) electrons. The number of nitrogens with one attached hydrogen (secondary N) is 1. The van der Waals surface area contributed by atoms with E-state index in [0.29, 0.717) is 10.7 Å². The Morgan fingerprint density at radius 3 is 2.76 bits per heavy atom. The predicted octanol–water partition coefficient (Wildman–Crippen LogP) is 1.70. The summed E-state index contributed by atoms with van der Waals surface area (Å²) >= 11 is 1.39. The summed E-state index contributed by atoms with van der Waals surface area (Å²) in [5, 5.41) is 31.4. The SMILES string of the molecule is Cc1nnc(N/N=C\c2ccc(O)c(O)c2)s1. The fraction of sp³-hybridized carbons (Fsp3) is 0.100. The highest BCUT2D eigenvalue weighted by molar-refractivity contribution is 7.15. The van der Waals surface area contributed by atoms with Crippen LogP contribution in [0.3, 0.4) is 0 Å². The molecule has 0 bridgehead atoms. The quantitative estimate of drug-likeness (QED) is 0.438. The van der Waals surface area contributed by atoms with E-state index < -0.39 is 0 Å². The van der Waals surface area contributed by atoms with Crippen LogP contribution >= 0.6 is 11.3 Å². The minimum absolute atomic E-state index is 0.158. The van der Waals surface area contributed by atoms with Crippen molar-refractivity contribution in [3.05, 3.63) is 28.8 Å². The average Bonchev–Trinajstić information content (AvgIpc) is 2.70. The number of aromatic hydroxyl groups is 2. The standard InChI is InChI=1S/C10H10N4O2S/c1-6-12-14-10(17-6)13-11-5-7-2-3-8(15)9(16)4-7/h2-5,15-16H,1H3,(H,13,14)/b11-5-. The van der Waals surface area contributed by atoms with Crippen LogP contribution in [-0.2, 0) is 0 Å². The van der Waals surface area contributed by atoms with Crippen LogP contribution in [0.2, 0.25) is 0 Å². The lowest BCUT2D eigenvalue weighted by molar-refractivity contribution is 0.403. The van der Waals surface area contributed by atoms with E-state index in [1.165, 1.54) is 29.7 Å². The Morgan fingerprint density at radius 2 is 2.12 bits per heavy atom. The van der Waals surface area contributed by atoms with Gasteiger partial charge in [-0.05, 0) is 30.7 Å². The zero-order valence-corrected chi connectivity index (χ0v) is 9.77. The number of phenols is 2. The van der Waals surface area contributed by atoms with E-state index in [1.54, 1.807) is 6.07 Å². The molecule has 3 N–H and O–H groups in total. The number of aromatic nitrogens is 2. The first-order valence-electron chi connectivity index (χ1n) is 4.76. The number of phenolic OH excluding ortho intramolecular Hbond substituents is 2. The molecule has 1 heterocycles. The van der Waals surface area contributed by atoms with Gasteiger partial charge in [-0.2, -0.15) is 5.10 Å². The minimum Gasteiger partial charge on any atom is -0.504 e. The first kappa shape index (κ1) is 11.3. The molecule has 1 aromatic heterocycles. The van der Waals surface area contributed by atoms with Gasteiger partial charge in [-0.15, -0.1) is 10.2 Å². The molecule has 0 fully saturated rings. The molecule has 6 nitrogen and oxygen atoms in total. The Kier molecular flexibility index (Phi) is 3.20. The maximum atomic E-state index is 9.27. The van der Waals surface area contributed by atoms with Crippen LogP contribution in [0.5, 0.6) is 11.5 Å². The number of benzene rings is 1. The molecule has 17 heavy (non-hydrogen) atoms. The van der Waals surface area contributed by atoms with Crippen molar-refractivity contribution >= 4 is 22.7 Å². The fourth-order valence-corrected chi connectivity index (χ4v) is 1.67. The van der Waals surface area contributed by atoms with Gasteiger partial charge in [0.05, 0.1) is 6.21 Å². The van der Waals surface area contributed by atoms with Gasteiger partial charge < -0.3 is 10.2 Å².